The first-order chi connectivity index (χ1) is 8.01. The van der Waals surface area contributed by atoms with E-state index >= 15 is 0 Å². The van der Waals surface area contributed by atoms with E-state index in [1.807, 2.05) is 6.07 Å². The molecule has 1 unspecified atom stereocenters. The Kier molecular flexibility index (Phi) is 4.27. The van der Waals surface area contributed by atoms with Gasteiger partial charge in [0.05, 0.1) is 6.07 Å². The second kappa shape index (κ2) is 5.48. The minimum absolute atomic E-state index is 0.0318. The van der Waals surface area contributed by atoms with Crippen LogP contribution < -0.4 is 0 Å². The molecular weight excluding hydrogens is 231 g/mol. The molecule has 5 heteroatoms. The zero-order chi connectivity index (χ0) is 13.0. The first kappa shape index (κ1) is 13.2. The standard InChI is InChI=1S/C12H10F3NO/c1-2-7(3-4-16)12(17)8-5-9(13)11(15)10(14)6-8/h5-7H,2-3H2,1H3. The molecule has 17 heavy (non-hydrogen) atoms. The second-order valence-corrected chi connectivity index (χ2v) is 3.59. The summed E-state index contributed by atoms with van der Waals surface area (Å²) < 4.78 is 38.5. The Morgan fingerprint density at radius 1 is 1.35 bits per heavy atom. The Hall–Kier alpha value is -1.83. The fourth-order valence-electron chi connectivity index (χ4n) is 1.47. The molecule has 1 atom stereocenters. The van der Waals surface area contributed by atoms with Crippen molar-refractivity contribution in [2.24, 2.45) is 5.92 Å². The molecule has 0 heterocycles. The molecule has 1 aromatic rings. The van der Waals surface area contributed by atoms with Gasteiger partial charge in [-0.05, 0) is 18.6 Å². The summed E-state index contributed by atoms with van der Waals surface area (Å²) in [5, 5.41) is 8.51. The van der Waals surface area contributed by atoms with Crippen LogP contribution in [0, 0.1) is 34.7 Å². The average molecular weight is 241 g/mol. The van der Waals surface area contributed by atoms with Crippen molar-refractivity contribution in [1.29, 1.82) is 5.26 Å². The van der Waals surface area contributed by atoms with E-state index in [0.717, 1.165) is 0 Å². The molecule has 0 bridgehead atoms. The van der Waals surface area contributed by atoms with Gasteiger partial charge in [-0.25, -0.2) is 13.2 Å². The molecule has 2 nitrogen and oxygen atoms in total. The van der Waals surface area contributed by atoms with Gasteiger partial charge in [-0.2, -0.15) is 5.26 Å². The van der Waals surface area contributed by atoms with E-state index in [9.17, 15) is 18.0 Å². The zero-order valence-corrected chi connectivity index (χ0v) is 9.14. The van der Waals surface area contributed by atoms with Crippen molar-refractivity contribution in [2.45, 2.75) is 19.8 Å². The van der Waals surface area contributed by atoms with Crippen LogP contribution in [0.5, 0.6) is 0 Å². The monoisotopic (exact) mass is 241 g/mol. The van der Waals surface area contributed by atoms with Crippen molar-refractivity contribution in [2.75, 3.05) is 0 Å². The van der Waals surface area contributed by atoms with Crippen molar-refractivity contribution in [3.63, 3.8) is 0 Å². The lowest BCUT2D eigenvalue weighted by Crippen LogP contribution is -2.14. The van der Waals surface area contributed by atoms with Crippen LogP contribution in [0.25, 0.3) is 0 Å². The third kappa shape index (κ3) is 2.84. The molecule has 0 aromatic heterocycles. The SMILES string of the molecule is CCC(CC#N)C(=O)c1cc(F)c(F)c(F)c1. The number of nitrogens with zero attached hydrogens (tertiary/aromatic N) is 1. The number of nitriles is 1. The van der Waals surface area contributed by atoms with Gasteiger partial charge in [-0.15, -0.1) is 0 Å². The predicted molar refractivity (Wildman–Crippen MR) is 54.7 cm³/mol. The number of halogens is 3. The molecule has 0 saturated heterocycles. The van der Waals surface area contributed by atoms with Crippen molar-refractivity contribution < 1.29 is 18.0 Å². The Morgan fingerprint density at radius 3 is 2.29 bits per heavy atom. The highest BCUT2D eigenvalue weighted by Crippen LogP contribution is 2.19. The van der Waals surface area contributed by atoms with E-state index in [1.54, 1.807) is 6.92 Å². The van der Waals surface area contributed by atoms with E-state index in [1.165, 1.54) is 0 Å². The minimum atomic E-state index is -1.60. The Labute approximate surface area is 96.7 Å². The molecule has 0 amide bonds. The van der Waals surface area contributed by atoms with E-state index < -0.39 is 29.2 Å². The van der Waals surface area contributed by atoms with Gasteiger partial charge in [0, 0.05) is 17.9 Å². The first-order valence-electron chi connectivity index (χ1n) is 5.07. The van der Waals surface area contributed by atoms with Crippen LogP contribution in [-0.4, -0.2) is 5.78 Å². The van der Waals surface area contributed by atoms with Crippen LogP contribution in [-0.2, 0) is 0 Å². The van der Waals surface area contributed by atoms with Crippen LogP contribution in [0.3, 0.4) is 0 Å². The number of Topliss-reactive ketones (excluding diaryl/α,β-unsaturated/α-hetero) is 1. The van der Waals surface area contributed by atoms with Gasteiger partial charge in [0.15, 0.2) is 23.2 Å². The Bertz CT molecular complexity index is 456. The molecular formula is C12H10F3NO. The van der Waals surface area contributed by atoms with Gasteiger partial charge in [-0.1, -0.05) is 6.92 Å². The molecule has 0 radical (unpaired) electrons. The van der Waals surface area contributed by atoms with Crippen molar-refractivity contribution in [1.82, 2.24) is 0 Å². The van der Waals surface area contributed by atoms with E-state index in [0.29, 0.717) is 18.6 Å². The number of carbonyl (C=O) groups excluding carboxylic acids is 1. The summed E-state index contributed by atoms with van der Waals surface area (Å²) in [6.07, 6.45) is 0.350. The summed E-state index contributed by atoms with van der Waals surface area (Å²) in [4.78, 5) is 11.8. The highest BCUT2D eigenvalue weighted by molar-refractivity contribution is 5.98. The molecule has 0 aliphatic heterocycles. The van der Waals surface area contributed by atoms with Crippen molar-refractivity contribution >= 4 is 5.78 Å². The summed E-state index contributed by atoms with van der Waals surface area (Å²) in [5.74, 6) is -5.58. The normalized spacial score (nSPS) is 11.9. The topological polar surface area (TPSA) is 40.9 Å². The number of hydrogen-bond donors (Lipinski definition) is 0. The lowest BCUT2D eigenvalue weighted by atomic mass is 9.93. The van der Waals surface area contributed by atoms with Gasteiger partial charge in [-0.3, -0.25) is 4.79 Å². The lowest BCUT2D eigenvalue weighted by Gasteiger charge is -2.10. The van der Waals surface area contributed by atoms with Gasteiger partial charge in [0.1, 0.15) is 0 Å². The number of hydrogen-bond acceptors (Lipinski definition) is 2. The summed E-state index contributed by atoms with van der Waals surface area (Å²) >= 11 is 0. The lowest BCUT2D eigenvalue weighted by molar-refractivity contribution is 0.0917. The molecule has 1 rings (SSSR count). The molecule has 1 aromatic carbocycles. The molecule has 0 spiro atoms. The largest absolute Gasteiger partial charge is 0.294 e. The first-order valence-corrected chi connectivity index (χ1v) is 5.07. The molecule has 0 saturated carbocycles. The second-order valence-electron chi connectivity index (χ2n) is 3.59. The highest BCUT2D eigenvalue weighted by Gasteiger charge is 2.21. The van der Waals surface area contributed by atoms with Crippen LogP contribution in [0.1, 0.15) is 30.1 Å². The minimum Gasteiger partial charge on any atom is -0.294 e. The van der Waals surface area contributed by atoms with Gasteiger partial charge in [0.2, 0.25) is 0 Å². The number of ketones is 1. The predicted octanol–water partition coefficient (Wildman–Crippen LogP) is 3.23. The van der Waals surface area contributed by atoms with Crippen LogP contribution in [0.4, 0.5) is 13.2 Å². The highest BCUT2D eigenvalue weighted by atomic mass is 19.2. The number of benzene rings is 1. The van der Waals surface area contributed by atoms with E-state index in [2.05, 4.69) is 0 Å². The van der Waals surface area contributed by atoms with Crippen molar-refractivity contribution in [3.05, 3.63) is 35.1 Å². The summed E-state index contributed by atoms with van der Waals surface area (Å²) in [7, 11) is 0. The maximum absolute atomic E-state index is 12.9. The molecule has 0 aliphatic carbocycles. The molecule has 90 valence electrons. The fraction of sp³-hybridized carbons (Fsp3) is 0.333. The Balaban J connectivity index is 3.09. The molecule has 0 N–H and O–H groups in total. The maximum Gasteiger partial charge on any atom is 0.194 e. The molecule has 0 fully saturated rings. The smallest absolute Gasteiger partial charge is 0.194 e. The van der Waals surface area contributed by atoms with Crippen LogP contribution >= 0.6 is 0 Å². The fourth-order valence-corrected chi connectivity index (χ4v) is 1.47. The zero-order valence-electron chi connectivity index (χ0n) is 9.14. The summed E-state index contributed by atoms with van der Waals surface area (Å²) in [5.41, 5.74) is -0.247. The summed E-state index contributed by atoms with van der Waals surface area (Å²) in [6, 6.07) is 3.13. The van der Waals surface area contributed by atoms with Gasteiger partial charge in [0.25, 0.3) is 0 Å². The van der Waals surface area contributed by atoms with Crippen LogP contribution in [0.15, 0.2) is 12.1 Å². The Morgan fingerprint density at radius 2 is 1.88 bits per heavy atom. The quantitative estimate of drug-likeness (QED) is 0.599. The van der Waals surface area contributed by atoms with Gasteiger partial charge < -0.3 is 0 Å². The third-order valence-electron chi connectivity index (χ3n) is 2.47. The van der Waals surface area contributed by atoms with E-state index in [4.69, 9.17) is 5.26 Å². The molecule has 0 aliphatic rings. The maximum atomic E-state index is 12.9. The van der Waals surface area contributed by atoms with Crippen molar-refractivity contribution in [3.8, 4) is 6.07 Å². The number of rotatable bonds is 4. The summed E-state index contributed by atoms with van der Waals surface area (Å²) in [6.45, 7) is 1.69. The van der Waals surface area contributed by atoms with E-state index in [-0.39, 0.29) is 12.0 Å². The average Bonchev–Trinajstić information content (AvgIpc) is 2.31. The van der Waals surface area contributed by atoms with Gasteiger partial charge >= 0.3 is 0 Å². The number of carbonyl (C=O) groups is 1. The van der Waals surface area contributed by atoms with Crippen LogP contribution in [0.2, 0.25) is 0 Å². The third-order valence-corrected chi connectivity index (χ3v) is 2.47.